The van der Waals surface area contributed by atoms with E-state index < -0.39 is 12.1 Å². The summed E-state index contributed by atoms with van der Waals surface area (Å²) >= 11 is 0. The molecule has 0 aliphatic rings. The lowest BCUT2D eigenvalue weighted by Crippen LogP contribution is -2.29. The van der Waals surface area contributed by atoms with Crippen molar-refractivity contribution < 1.29 is 14.6 Å². The van der Waals surface area contributed by atoms with Crippen LogP contribution < -0.4 is 4.74 Å². The van der Waals surface area contributed by atoms with Gasteiger partial charge in [-0.15, -0.1) is 0 Å². The van der Waals surface area contributed by atoms with Gasteiger partial charge in [-0.25, -0.2) is 4.79 Å². The van der Waals surface area contributed by atoms with Crippen LogP contribution in [0.3, 0.4) is 0 Å². The highest BCUT2D eigenvalue weighted by Gasteiger charge is 2.21. The van der Waals surface area contributed by atoms with Crippen LogP contribution in [0.5, 0.6) is 5.75 Å². The Kier molecular flexibility index (Phi) is 4.41. The zero-order valence-electron chi connectivity index (χ0n) is 11.7. The molecule has 3 nitrogen and oxygen atoms in total. The first-order valence-corrected chi connectivity index (χ1v) is 6.57. The molecule has 2 rings (SSSR count). The van der Waals surface area contributed by atoms with E-state index in [1.54, 1.807) is 6.07 Å². The van der Waals surface area contributed by atoms with Crippen LogP contribution in [0.1, 0.15) is 16.7 Å². The Morgan fingerprint density at radius 1 is 1.05 bits per heavy atom. The van der Waals surface area contributed by atoms with E-state index >= 15 is 0 Å². The molecular formula is C17H18O3. The summed E-state index contributed by atoms with van der Waals surface area (Å²) in [4.78, 5) is 11.4. The van der Waals surface area contributed by atoms with Crippen molar-refractivity contribution in [2.24, 2.45) is 0 Å². The summed E-state index contributed by atoms with van der Waals surface area (Å²) in [5, 5.41) is 9.35. The van der Waals surface area contributed by atoms with Crippen LogP contribution in [0, 0.1) is 13.8 Å². The lowest BCUT2D eigenvalue weighted by Gasteiger charge is -2.17. The number of carboxylic acids is 1. The van der Waals surface area contributed by atoms with Gasteiger partial charge in [-0.05, 0) is 36.6 Å². The minimum absolute atomic E-state index is 0.357. The molecule has 0 bridgehead atoms. The normalized spacial score (nSPS) is 11.9. The minimum atomic E-state index is -0.948. The van der Waals surface area contributed by atoms with Crippen LogP contribution in [0.2, 0.25) is 0 Å². The number of carbonyl (C=O) groups is 1. The third-order valence-electron chi connectivity index (χ3n) is 3.30. The Balaban J connectivity index is 2.19. The van der Waals surface area contributed by atoms with E-state index in [2.05, 4.69) is 0 Å². The van der Waals surface area contributed by atoms with Crippen LogP contribution in [0.4, 0.5) is 0 Å². The van der Waals surface area contributed by atoms with Crippen molar-refractivity contribution in [3.63, 3.8) is 0 Å². The number of para-hydroxylation sites is 1. The summed E-state index contributed by atoms with van der Waals surface area (Å²) in [6, 6.07) is 15.2. The van der Waals surface area contributed by atoms with Gasteiger partial charge in [0.1, 0.15) is 5.75 Å². The summed E-state index contributed by atoms with van der Waals surface area (Å²) < 4.78 is 5.67. The van der Waals surface area contributed by atoms with E-state index in [4.69, 9.17) is 4.74 Å². The standard InChI is InChI=1S/C17H18O3/c1-12-7-3-5-9-14(12)11-16(17(18)19)20-15-10-6-4-8-13(15)2/h3-10,16H,11H2,1-2H3,(H,18,19). The Morgan fingerprint density at radius 3 is 2.25 bits per heavy atom. The van der Waals surface area contributed by atoms with Crippen LogP contribution in [-0.2, 0) is 11.2 Å². The number of ether oxygens (including phenoxy) is 1. The molecule has 2 aromatic rings. The fraction of sp³-hybridized carbons (Fsp3) is 0.235. The molecule has 0 aromatic heterocycles. The van der Waals surface area contributed by atoms with Gasteiger partial charge in [-0.3, -0.25) is 0 Å². The van der Waals surface area contributed by atoms with Crippen molar-refractivity contribution in [3.8, 4) is 5.75 Å². The van der Waals surface area contributed by atoms with Crippen molar-refractivity contribution in [2.75, 3.05) is 0 Å². The van der Waals surface area contributed by atoms with Crippen molar-refractivity contribution >= 4 is 5.97 Å². The van der Waals surface area contributed by atoms with E-state index in [9.17, 15) is 9.90 Å². The fourth-order valence-corrected chi connectivity index (χ4v) is 2.06. The molecule has 0 aliphatic carbocycles. The second-order valence-electron chi connectivity index (χ2n) is 4.84. The van der Waals surface area contributed by atoms with Gasteiger partial charge >= 0.3 is 5.97 Å². The topological polar surface area (TPSA) is 46.5 Å². The highest BCUT2D eigenvalue weighted by molar-refractivity contribution is 5.73. The largest absolute Gasteiger partial charge is 0.478 e. The summed E-state index contributed by atoms with van der Waals surface area (Å²) in [7, 11) is 0. The number of benzene rings is 2. The first-order chi connectivity index (χ1) is 9.58. The lowest BCUT2D eigenvalue weighted by atomic mass is 10.0. The number of hydrogen-bond acceptors (Lipinski definition) is 2. The fourth-order valence-electron chi connectivity index (χ4n) is 2.06. The molecule has 0 saturated heterocycles. The van der Waals surface area contributed by atoms with Crippen LogP contribution >= 0.6 is 0 Å². The van der Waals surface area contributed by atoms with Crippen molar-refractivity contribution in [3.05, 3.63) is 65.2 Å². The monoisotopic (exact) mass is 270 g/mol. The molecule has 3 heteroatoms. The van der Waals surface area contributed by atoms with Crippen LogP contribution in [-0.4, -0.2) is 17.2 Å². The average molecular weight is 270 g/mol. The number of hydrogen-bond donors (Lipinski definition) is 1. The van der Waals surface area contributed by atoms with E-state index in [-0.39, 0.29) is 0 Å². The van der Waals surface area contributed by atoms with Gasteiger partial charge in [0.25, 0.3) is 0 Å². The molecule has 0 spiro atoms. The second-order valence-corrected chi connectivity index (χ2v) is 4.84. The predicted molar refractivity (Wildman–Crippen MR) is 78.1 cm³/mol. The molecule has 1 N–H and O–H groups in total. The number of aryl methyl sites for hydroxylation is 2. The minimum Gasteiger partial charge on any atom is -0.478 e. The SMILES string of the molecule is Cc1ccccc1CC(Oc1ccccc1C)C(=O)O. The number of carboxylic acid groups (broad SMARTS) is 1. The van der Waals surface area contributed by atoms with Crippen LogP contribution in [0.15, 0.2) is 48.5 Å². The van der Waals surface area contributed by atoms with Gasteiger partial charge in [0.15, 0.2) is 6.10 Å². The van der Waals surface area contributed by atoms with E-state index in [1.165, 1.54) is 0 Å². The maximum atomic E-state index is 11.4. The molecule has 0 aliphatic heterocycles. The van der Waals surface area contributed by atoms with E-state index in [0.717, 1.165) is 16.7 Å². The van der Waals surface area contributed by atoms with Crippen molar-refractivity contribution in [2.45, 2.75) is 26.4 Å². The van der Waals surface area contributed by atoms with Gasteiger partial charge < -0.3 is 9.84 Å². The third kappa shape index (κ3) is 3.38. The van der Waals surface area contributed by atoms with Gasteiger partial charge in [0, 0.05) is 6.42 Å². The highest BCUT2D eigenvalue weighted by Crippen LogP contribution is 2.20. The van der Waals surface area contributed by atoms with Gasteiger partial charge in [0.05, 0.1) is 0 Å². The van der Waals surface area contributed by atoms with Gasteiger partial charge in [-0.2, -0.15) is 0 Å². The Labute approximate surface area is 118 Å². The smallest absolute Gasteiger partial charge is 0.345 e. The molecule has 104 valence electrons. The third-order valence-corrected chi connectivity index (χ3v) is 3.30. The Morgan fingerprint density at radius 2 is 1.65 bits per heavy atom. The molecule has 0 heterocycles. The molecule has 0 radical (unpaired) electrons. The predicted octanol–water partition coefficient (Wildman–Crippen LogP) is 3.38. The number of aliphatic carboxylic acids is 1. The molecule has 20 heavy (non-hydrogen) atoms. The molecule has 0 saturated carbocycles. The zero-order valence-corrected chi connectivity index (χ0v) is 11.7. The molecule has 1 unspecified atom stereocenters. The molecule has 2 aromatic carbocycles. The lowest BCUT2D eigenvalue weighted by molar-refractivity contribution is -0.145. The Bertz CT molecular complexity index is 557. The zero-order chi connectivity index (χ0) is 14.5. The van der Waals surface area contributed by atoms with Gasteiger partial charge in [0.2, 0.25) is 0 Å². The molecule has 0 fully saturated rings. The van der Waals surface area contributed by atoms with E-state index in [1.807, 2.05) is 56.3 Å². The first kappa shape index (κ1) is 14.1. The summed E-state index contributed by atoms with van der Waals surface area (Å²) in [6.45, 7) is 3.88. The second kappa shape index (κ2) is 6.24. The first-order valence-electron chi connectivity index (χ1n) is 6.57. The van der Waals surface area contributed by atoms with E-state index in [0.29, 0.717) is 12.2 Å². The maximum Gasteiger partial charge on any atom is 0.345 e. The van der Waals surface area contributed by atoms with Crippen LogP contribution in [0.25, 0.3) is 0 Å². The Hall–Kier alpha value is -2.29. The van der Waals surface area contributed by atoms with Gasteiger partial charge in [-0.1, -0.05) is 42.5 Å². The maximum absolute atomic E-state index is 11.4. The highest BCUT2D eigenvalue weighted by atomic mass is 16.5. The van der Waals surface area contributed by atoms with Crippen molar-refractivity contribution in [1.29, 1.82) is 0 Å². The summed E-state index contributed by atoms with van der Waals surface area (Å²) in [5.41, 5.74) is 3.00. The average Bonchev–Trinajstić information content (AvgIpc) is 2.42. The summed E-state index contributed by atoms with van der Waals surface area (Å²) in [6.07, 6.45) is -0.520. The molecule has 0 amide bonds. The molecule has 1 atom stereocenters. The summed E-state index contributed by atoms with van der Waals surface area (Å²) in [5.74, 6) is -0.329. The molecular weight excluding hydrogens is 252 g/mol. The number of rotatable bonds is 5. The van der Waals surface area contributed by atoms with Crippen molar-refractivity contribution in [1.82, 2.24) is 0 Å². The quantitative estimate of drug-likeness (QED) is 0.906.